The maximum Gasteiger partial charge on any atom is 0.266 e. The van der Waals surface area contributed by atoms with Gasteiger partial charge in [-0.2, -0.15) is 10.2 Å². The minimum absolute atomic E-state index is 0.0528. The van der Waals surface area contributed by atoms with Gasteiger partial charge in [-0.3, -0.25) is 14.1 Å². The minimum atomic E-state index is -3.83. The molecular weight excluding hydrogens is 385 g/mol. The predicted molar refractivity (Wildman–Crippen MR) is 96.5 cm³/mol. The van der Waals surface area contributed by atoms with Gasteiger partial charge in [0.15, 0.2) is 5.82 Å². The number of anilines is 1. The fraction of sp³-hybridized carbons (Fsp3) is 0.200. The Morgan fingerprint density at radius 2 is 1.84 bits per heavy atom. The van der Waals surface area contributed by atoms with Gasteiger partial charge in [0.05, 0.1) is 12.2 Å². The lowest BCUT2D eigenvalue weighted by Gasteiger charge is -2.05. The van der Waals surface area contributed by atoms with Gasteiger partial charge < -0.3 is 0 Å². The number of aryl methyl sites for hydroxylation is 2. The second kappa shape index (κ2) is 6.70. The van der Waals surface area contributed by atoms with Gasteiger partial charge in [0.2, 0.25) is 0 Å². The summed E-state index contributed by atoms with van der Waals surface area (Å²) in [6.07, 6.45) is 2.96. The summed E-state index contributed by atoms with van der Waals surface area (Å²) in [6, 6.07) is 7.33. The molecule has 0 fully saturated rings. The topological polar surface area (TPSA) is 81.8 Å². The number of hydrogen-bond acceptors (Lipinski definition) is 4. The molecular formula is C15H15Cl2N5O2S. The van der Waals surface area contributed by atoms with Crippen molar-refractivity contribution in [2.45, 2.75) is 18.4 Å². The highest BCUT2D eigenvalue weighted by atomic mass is 35.5. The van der Waals surface area contributed by atoms with Crippen molar-refractivity contribution >= 4 is 39.0 Å². The molecule has 10 heteroatoms. The Morgan fingerprint density at radius 1 is 1.12 bits per heavy atom. The number of hydrogen-bond donors (Lipinski definition) is 1. The molecule has 3 aromatic rings. The van der Waals surface area contributed by atoms with E-state index in [1.165, 1.54) is 15.6 Å². The first kappa shape index (κ1) is 17.8. The van der Waals surface area contributed by atoms with E-state index in [4.69, 9.17) is 23.2 Å². The summed E-state index contributed by atoms with van der Waals surface area (Å²) >= 11 is 12.3. The molecule has 0 aliphatic carbocycles. The van der Waals surface area contributed by atoms with Crippen LogP contribution in [0, 0.1) is 6.92 Å². The smallest absolute Gasteiger partial charge is 0.266 e. The van der Waals surface area contributed by atoms with E-state index in [2.05, 4.69) is 14.9 Å². The summed E-state index contributed by atoms with van der Waals surface area (Å²) in [7, 11) is -2.18. The lowest BCUT2D eigenvalue weighted by Crippen LogP contribution is -2.14. The summed E-state index contributed by atoms with van der Waals surface area (Å²) < 4.78 is 30.4. The molecule has 2 aromatic heterocycles. The van der Waals surface area contributed by atoms with Crippen LogP contribution in [0.15, 0.2) is 41.6 Å². The lowest BCUT2D eigenvalue weighted by molar-refractivity contribution is 0.600. The monoisotopic (exact) mass is 399 g/mol. The SMILES string of the molecule is Cc1nn(C)cc1S(=O)(=O)Nc1nn(Cc2ccccc2Cl)cc1Cl. The van der Waals surface area contributed by atoms with E-state index >= 15 is 0 Å². The summed E-state index contributed by atoms with van der Waals surface area (Å²) in [4.78, 5) is 0.0757. The Hall–Kier alpha value is -2.03. The molecule has 2 heterocycles. The highest BCUT2D eigenvalue weighted by Crippen LogP contribution is 2.25. The van der Waals surface area contributed by atoms with Crippen molar-refractivity contribution in [3.63, 3.8) is 0 Å². The number of rotatable bonds is 5. The number of aromatic nitrogens is 4. The molecule has 0 spiro atoms. The first-order valence-electron chi connectivity index (χ1n) is 7.25. The molecule has 0 radical (unpaired) electrons. The van der Waals surface area contributed by atoms with E-state index in [0.717, 1.165) is 5.56 Å². The van der Waals surface area contributed by atoms with E-state index in [1.54, 1.807) is 26.2 Å². The third-order valence-electron chi connectivity index (χ3n) is 3.50. The van der Waals surface area contributed by atoms with E-state index in [1.807, 2.05) is 18.2 Å². The standard InChI is InChI=1S/C15H15Cl2N5O2S/c1-10-14(9-21(2)18-10)25(23,24)20-15-13(17)8-22(19-15)7-11-5-3-4-6-12(11)16/h3-6,8-9H,7H2,1-2H3,(H,19,20). The molecule has 0 unspecified atom stereocenters. The van der Waals surface area contributed by atoms with Crippen LogP contribution < -0.4 is 4.72 Å². The number of halogens is 2. The Kier molecular flexibility index (Phi) is 4.77. The van der Waals surface area contributed by atoms with E-state index < -0.39 is 10.0 Å². The second-order valence-corrected chi connectivity index (χ2v) is 7.94. The number of nitrogens with one attached hydrogen (secondary N) is 1. The lowest BCUT2D eigenvalue weighted by atomic mass is 10.2. The van der Waals surface area contributed by atoms with E-state index in [-0.39, 0.29) is 15.7 Å². The number of nitrogens with zero attached hydrogens (tertiary/aromatic N) is 4. The van der Waals surface area contributed by atoms with Gasteiger partial charge in [0.25, 0.3) is 10.0 Å². The van der Waals surface area contributed by atoms with Crippen LogP contribution in [0.5, 0.6) is 0 Å². The molecule has 0 amide bonds. The summed E-state index contributed by atoms with van der Waals surface area (Å²) in [5, 5.41) is 9.03. The van der Waals surface area contributed by atoms with Crippen LogP contribution in [0.4, 0.5) is 5.82 Å². The molecule has 0 atom stereocenters. The minimum Gasteiger partial charge on any atom is -0.274 e. The van der Waals surface area contributed by atoms with Gasteiger partial charge in [-0.25, -0.2) is 8.42 Å². The molecule has 1 N–H and O–H groups in total. The van der Waals surface area contributed by atoms with Crippen LogP contribution in [-0.4, -0.2) is 28.0 Å². The maximum absolute atomic E-state index is 12.5. The van der Waals surface area contributed by atoms with Crippen molar-refractivity contribution in [1.29, 1.82) is 0 Å². The van der Waals surface area contributed by atoms with Gasteiger partial charge in [0.1, 0.15) is 9.92 Å². The number of benzene rings is 1. The van der Waals surface area contributed by atoms with Crippen LogP contribution in [0.1, 0.15) is 11.3 Å². The van der Waals surface area contributed by atoms with Crippen molar-refractivity contribution in [3.05, 3.63) is 58.0 Å². The highest BCUT2D eigenvalue weighted by molar-refractivity contribution is 7.92. The van der Waals surface area contributed by atoms with Crippen LogP contribution in [0.25, 0.3) is 0 Å². The van der Waals surface area contributed by atoms with Gasteiger partial charge in [-0.05, 0) is 18.6 Å². The highest BCUT2D eigenvalue weighted by Gasteiger charge is 2.22. The zero-order valence-corrected chi connectivity index (χ0v) is 15.8. The van der Waals surface area contributed by atoms with Crippen molar-refractivity contribution in [2.75, 3.05) is 4.72 Å². The Labute approximate surface area is 155 Å². The van der Waals surface area contributed by atoms with E-state index in [9.17, 15) is 8.42 Å². The molecule has 0 bridgehead atoms. The first-order chi connectivity index (χ1) is 11.8. The molecule has 0 aliphatic heterocycles. The Bertz CT molecular complexity index is 1030. The van der Waals surface area contributed by atoms with Gasteiger partial charge in [0, 0.05) is 24.5 Å². The predicted octanol–water partition coefficient (Wildman–Crippen LogP) is 3.08. The maximum atomic E-state index is 12.5. The average Bonchev–Trinajstić information content (AvgIpc) is 3.04. The average molecular weight is 400 g/mol. The van der Waals surface area contributed by atoms with Gasteiger partial charge in [-0.1, -0.05) is 41.4 Å². The zero-order chi connectivity index (χ0) is 18.2. The fourth-order valence-corrected chi connectivity index (χ4v) is 4.06. The van der Waals surface area contributed by atoms with Crippen molar-refractivity contribution < 1.29 is 8.42 Å². The summed E-state index contributed by atoms with van der Waals surface area (Å²) in [6.45, 7) is 1.99. The van der Waals surface area contributed by atoms with Crippen molar-refractivity contribution in [2.24, 2.45) is 7.05 Å². The Balaban J connectivity index is 1.86. The quantitative estimate of drug-likeness (QED) is 0.714. The molecule has 132 valence electrons. The second-order valence-electron chi connectivity index (χ2n) is 5.47. The van der Waals surface area contributed by atoms with Crippen molar-refractivity contribution in [3.8, 4) is 0 Å². The molecule has 0 saturated carbocycles. The Morgan fingerprint density at radius 3 is 2.48 bits per heavy atom. The molecule has 0 aliphatic rings. The number of sulfonamides is 1. The largest absolute Gasteiger partial charge is 0.274 e. The summed E-state index contributed by atoms with van der Waals surface area (Å²) in [5.74, 6) is 0.0528. The van der Waals surface area contributed by atoms with Crippen LogP contribution in [0.2, 0.25) is 10.0 Å². The molecule has 3 rings (SSSR count). The van der Waals surface area contributed by atoms with Crippen LogP contribution in [-0.2, 0) is 23.6 Å². The molecule has 0 saturated heterocycles. The molecule has 25 heavy (non-hydrogen) atoms. The van der Waals surface area contributed by atoms with Crippen molar-refractivity contribution in [1.82, 2.24) is 19.6 Å². The summed E-state index contributed by atoms with van der Waals surface area (Å²) in [5.41, 5.74) is 1.24. The van der Waals surface area contributed by atoms with Gasteiger partial charge >= 0.3 is 0 Å². The van der Waals surface area contributed by atoms with Gasteiger partial charge in [-0.15, -0.1) is 0 Å². The first-order valence-corrected chi connectivity index (χ1v) is 9.49. The van der Waals surface area contributed by atoms with Crippen LogP contribution >= 0.6 is 23.2 Å². The van der Waals surface area contributed by atoms with Crippen LogP contribution in [0.3, 0.4) is 0 Å². The molecule has 7 nitrogen and oxygen atoms in total. The van der Waals surface area contributed by atoms with E-state index in [0.29, 0.717) is 17.3 Å². The fourth-order valence-electron chi connectivity index (χ4n) is 2.37. The molecule has 1 aromatic carbocycles. The normalized spacial score (nSPS) is 11.7. The third kappa shape index (κ3) is 3.81. The third-order valence-corrected chi connectivity index (χ3v) is 5.58. The zero-order valence-electron chi connectivity index (χ0n) is 13.4.